The number of nitrogens with one attached hydrogen (secondary N) is 1. The third-order valence-electron chi connectivity index (χ3n) is 5.54. The second-order valence-electron chi connectivity index (χ2n) is 7.50. The summed E-state index contributed by atoms with van der Waals surface area (Å²) >= 11 is 0. The molecule has 3 aromatic carbocycles. The molecule has 1 fully saturated rings. The Morgan fingerprint density at radius 2 is 1.58 bits per heavy atom. The van der Waals surface area contributed by atoms with Crippen molar-refractivity contribution >= 4 is 16.8 Å². The highest BCUT2D eigenvalue weighted by Gasteiger charge is 2.18. The van der Waals surface area contributed by atoms with Gasteiger partial charge in [-0.15, -0.1) is 0 Å². The number of hydrogen-bond acceptors (Lipinski definition) is 4. The highest BCUT2D eigenvalue weighted by atomic mass is 16.5. The number of aromatic nitrogens is 2. The van der Waals surface area contributed by atoms with Crippen LogP contribution in [0.5, 0.6) is 0 Å². The van der Waals surface area contributed by atoms with E-state index in [2.05, 4.69) is 9.97 Å². The number of morpholine rings is 1. The topological polar surface area (TPSA) is 75.3 Å². The zero-order valence-electron chi connectivity index (χ0n) is 16.9. The maximum atomic E-state index is 12.7. The number of hydrogen-bond donors (Lipinski definition) is 1. The van der Waals surface area contributed by atoms with Crippen molar-refractivity contribution in [3.8, 4) is 22.4 Å². The zero-order valence-corrected chi connectivity index (χ0v) is 16.9. The summed E-state index contributed by atoms with van der Waals surface area (Å²) in [7, 11) is 0. The van der Waals surface area contributed by atoms with Crippen molar-refractivity contribution < 1.29 is 9.53 Å². The van der Waals surface area contributed by atoms with Crippen molar-refractivity contribution in [1.29, 1.82) is 0 Å². The first-order valence-electron chi connectivity index (χ1n) is 10.3. The number of fused-ring (bicyclic) bond motifs is 1. The second-order valence-corrected chi connectivity index (χ2v) is 7.50. The Morgan fingerprint density at radius 1 is 0.871 bits per heavy atom. The van der Waals surface area contributed by atoms with Gasteiger partial charge in [0.15, 0.2) is 0 Å². The molecule has 0 aliphatic carbocycles. The molecule has 2 heterocycles. The van der Waals surface area contributed by atoms with E-state index < -0.39 is 0 Å². The largest absolute Gasteiger partial charge is 0.378 e. The highest BCUT2D eigenvalue weighted by molar-refractivity contribution is 5.96. The molecule has 0 atom stereocenters. The minimum atomic E-state index is -0.370. The molecule has 1 amide bonds. The van der Waals surface area contributed by atoms with Gasteiger partial charge in [0.05, 0.1) is 24.4 Å². The van der Waals surface area contributed by atoms with Gasteiger partial charge < -0.3 is 14.6 Å². The van der Waals surface area contributed by atoms with Crippen LogP contribution in [0.25, 0.3) is 33.3 Å². The number of ether oxygens (including phenoxy) is 1. The third-order valence-corrected chi connectivity index (χ3v) is 5.54. The summed E-state index contributed by atoms with van der Waals surface area (Å²) in [6, 6.07) is 23.2. The average molecular weight is 411 g/mol. The molecule has 6 heteroatoms. The highest BCUT2D eigenvalue weighted by Crippen LogP contribution is 2.29. The molecule has 0 spiro atoms. The van der Waals surface area contributed by atoms with E-state index in [1.165, 1.54) is 0 Å². The number of carbonyl (C=O) groups is 1. The fourth-order valence-corrected chi connectivity index (χ4v) is 3.90. The summed E-state index contributed by atoms with van der Waals surface area (Å²) < 4.78 is 5.33. The standard InChI is InChI=1S/C25H21N3O3/c29-24(28-12-14-31-15-13-28)19-8-6-17(7-9-19)20-10-11-22-21(16-20)23(27-25(30)26-22)18-4-2-1-3-5-18/h1-11,16H,12-15H2,(H,26,27,30). The van der Waals surface area contributed by atoms with Crippen LogP contribution in [-0.2, 0) is 4.74 Å². The summed E-state index contributed by atoms with van der Waals surface area (Å²) in [6.45, 7) is 2.42. The molecule has 1 N–H and O–H groups in total. The minimum Gasteiger partial charge on any atom is -0.378 e. The van der Waals surface area contributed by atoms with Gasteiger partial charge in [-0.1, -0.05) is 48.5 Å². The molecule has 0 unspecified atom stereocenters. The van der Waals surface area contributed by atoms with E-state index >= 15 is 0 Å². The Kier molecular flexibility index (Phi) is 5.06. The van der Waals surface area contributed by atoms with E-state index in [0.717, 1.165) is 27.6 Å². The molecular formula is C25H21N3O3. The lowest BCUT2D eigenvalue weighted by molar-refractivity contribution is 0.0303. The van der Waals surface area contributed by atoms with Crippen LogP contribution >= 0.6 is 0 Å². The molecular weight excluding hydrogens is 390 g/mol. The quantitative estimate of drug-likeness (QED) is 0.557. The van der Waals surface area contributed by atoms with E-state index in [0.29, 0.717) is 37.6 Å². The van der Waals surface area contributed by atoms with Gasteiger partial charge in [0.2, 0.25) is 0 Å². The van der Waals surface area contributed by atoms with Crippen molar-refractivity contribution in [2.45, 2.75) is 0 Å². The first-order valence-corrected chi connectivity index (χ1v) is 10.3. The molecule has 0 saturated carbocycles. The predicted molar refractivity (Wildman–Crippen MR) is 120 cm³/mol. The number of carbonyl (C=O) groups excluding carboxylic acids is 1. The summed E-state index contributed by atoms with van der Waals surface area (Å²) in [5.74, 6) is 0.0292. The lowest BCUT2D eigenvalue weighted by Gasteiger charge is -2.26. The summed E-state index contributed by atoms with van der Waals surface area (Å²) in [6.07, 6.45) is 0. The Labute approximate surface area is 179 Å². The molecule has 1 aliphatic heterocycles. The van der Waals surface area contributed by atoms with Gasteiger partial charge in [-0.25, -0.2) is 4.79 Å². The van der Waals surface area contributed by atoms with Gasteiger partial charge >= 0.3 is 5.69 Å². The Bertz CT molecular complexity index is 1290. The third kappa shape index (κ3) is 3.85. The summed E-state index contributed by atoms with van der Waals surface area (Å²) in [5, 5.41) is 0.872. The number of nitrogens with zero attached hydrogens (tertiary/aromatic N) is 2. The van der Waals surface area contributed by atoms with Crippen molar-refractivity contribution in [1.82, 2.24) is 14.9 Å². The van der Waals surface area contributed by atoms with Crippen molar-refractivity contribution in [2.24, 2.45) is 0 Å². The van der Waals surface area contributed by atoms with E-state index in [-0.39, 0.29) is 11.6 Å². The van der Waals surface area contributed by atoms with Gasteiger partial charge in [-0.2, -0.15) is 4.98 Å². The smallest absolute Gasteiger partial charge is 0.345 e. The van der Waals surface area contributed by atoms with E-state index in [1.54, 1.807) is 0 Å². The van der Waals surface area contributed by atoms with Crippen LogP contribution in [0.15, 0.2) is 77.6 Å². The lowest BCUT2D eigenvalue weighted by atomic mass is 9.99. The van der Waals surface area contributed by atoms with Gasteiger partial charge in [0.25, 0.3) is 5.91 Å². The van der Waals surface area contributed by atoms with Crippen molar-refractivity contribution in [3.63, 3.8) is 0 Å². The van der Waals surface area contributed by atoms with Crippen LogP contribution in [0.1, 0.15) is 10.4 Å². The Morgan fingerprint density at radius 3 is 2.32 bits per heavy atom. The van der Waals surface area contributed by atoms with E-state index in [4.69, 9.17) is 4.74 Å². The van der Waals surface area contributed by atoms with E-state index in [1.807, 2.05) is 77.7 Å². The first-order chi connectivity index (χ1) is 15.2. The van der Waals surface area contributed by atoms with Gasteiger partial charge in [0, 0.05) is 29.6 Å². The van der Waals surface area contributed by atoms with Crippen LogP contribution in [0.4, 0.5) is 0 Å². The van der Waals surface area contributed by atoms with Crippen LogP contribution in [0, 0.1) is 0 Å². The maximum absolute atomic E-state index is 12.7. The molecule has 0 radical (unpaired) electrons. The van der Waals surface area contributed by atoms with E-state index in [9.17, 15) is 9.59 Å². The second kappa shape index (κ2) is 8.16. The summed E-state index contributed by atoms with van der Waals surface area (Å²) in [5.41, 5.74) is 4.56. The Balaban J connectivity index is 1.51. The molecule has 0 bridgehead atoms. The molecule has 31 heavy (non-hydrogen) atoms. The normalized spacial score (nSPS) is 14.0. The zero-order chi connectivity index (χ0) is 21.2. The van der Waals surface area contributed by atoms with Crippen LogP contribution < -0.4 is 5.69 Å². The number of amides is 1. The van der Waals surface area contributed by atoms with Crippen LogP contribution in [0.2, 0.25) is 0 Å². The number of benzene rings is 3. The monoisotopic (exact) mass is 411 g/mol. The molecule has 1 aromatic heterocycles. The van der Waals surface area contributed by atoms with Gasteiger partial charge in [-0.05, 0) is 35.4 Å². The molecule has 6 nitrogen and oxygen atoms in total. The number of aromatic amines is 1. The molecule has 1 saturated heterocycles. The SMILES string of the molecule is O=C(c1ccc(-c2ccc3[nH]c(=O)nc(-c4ccccc4)c3c2)cc1)N1CCOCC1. The van der Waals surface area contributed by atoms with Crippen LogP contribution in [0.3, 0.4) is 0 Å². The minimum absolute atomic E-state index is 0.0292. The molecule has 4 aromatic rings. The Hall–Kier alpha value is -3.77. The predicted octanol–water partition coefficient (Wildman–Crippen LogP) is 3.73. The molecule has 154 valence electrons. The van der Waals surface area contributed by atoms with Gasteiger partial charge in [0.1, 0.15) is 0 Å². The lowest BCUT2D eigenvalue weighted by Crippen LogP contribution is -2.40. The van der Waals surface area contributed by atoms with Crippen LogP contribution in [-0.4, -0.2) is 47.1 Å². The number of H-pyrrole nitrogens is 1. The molecule has 5 rings (SSSR count). The number of rotatable bonds is 3. The maximum Gasteiger partial charge on any atom is 0.345 e. The summed E-state index contributed by atoms with van der Waals surface area (Å²) in [4.78, 5) is 33.6. The fourth-order valence-electron chi connectivity index (χ4n) is 3.90. The average Bonchev–Trinajstić information content (AvgIpc) is 2.84. The van der Waals surface area contributed by atoms with Crippen molar-refractivity contribution in [2.75, 3.05) is 26.3 Å². The first kappa shape index (κ1) is 19.2. The fraction of sp³-hybridized carbons (Fsp3) is 0.160. The van der Waals surface area contributed by atoms with Gasteiger partial charge in [-0.3, -0.25) is 4.79 Å². The molecule has 1 aliphatic rings. The van der Waals surface area contributed by atoms with Crippen molar-refractivity contribution in [3.05, 3.63) is 88.8 Å².